The Morgan fingerprint density at radius 1 is 1.00 bits per heavy atom. The van der Waals surface area contributed by atoms with E-state index in [0.29, 0.717) is 17.4 Å². The number of unbranched alkanes of at least 4 members (excludes halogenated alkanes) is 6. The molecule has 0 N–H and O–H groups in total. The van der Waals surface area contributed by atoms with Crippen LogP contribution in [0, 0.1) is 0 Å². The molecule has 1 unspecified atom stereocenters. The summed E-state index contributed by atoms with van der Waals surface area (Å²) in [4.78, 5) is 22.7. The van der Waals surface area contributed by atoms with Crippen molar-refractivity contribution in [3.8, 4) is 0 Å². The molecule has 0 aliphatic rings. The Bertz CT molecular complexity index is 399. The lowest BCUT2D eigenvalue weighted by atomic mass is 10.1. The van der Waals surface area contributed by atoms with Crippen LogP contribution in [0.3, 0.4) is 0 Å². The van der Waals surface area contributed by atoms with E-state index in [0.717, 1.165) is 6.42 Å². The van der Waals surface area contributed by atoms with Gasteiger partial charge in [-0.25, -0.2) is 0 Å². The lowest BCUT2D eigenvalue weighted by Gasteiger charge is -2.29. The fraction of sp³-hybridized carbons (Fsp3) is 0.800. The zero-order chi connectivity index (χ0) is 19.1. The monoisotopic (exact) mass is 355 g/mol. The highest BCUT2D eigenvalue weighted by Crippen LogP contribution is 2.09. The second-order valence-corrected chi connectivity index (χ2v) is 7.73. The van der Waals surface area contributed by atoms with Gasteiger partial charge in [0, 0.05) is 18.8 Å². The van der Waals surface area contributed by atoms with E-state index in [-0.39, 0.29) is 18.8 Å². The topological polar surface area (TPSA) is 66.4 Å². The summed E-state index contributed by atoms with van der Waals surface area (Å²) in [5, 5.41) is 10.8. The maximum absolute atomic E-state index is 11.9. The molecular weight excluding hydrogens is 318 g/mol. The minimum atomic E-state index is -1.19. The van der Waals surface area contributed by atoms with Gasteiger partial charge in [-0.15, -0.1) is 0 Å². The molecule has 0 aromatic rings. The van der Waals surface area contributed by atoms with E-state index in [9.17, 15) is 14.7 Å². The second-order valence-electron chi connectivity index (χ2n) is 7.73. The van der Waals surface area contributed by atoms with Crippen molar-refractivity contribution in [3.05, 3.63) is 12.2 Å². The molecule has 0 radical (unpaired) electrons. The first-order valence-electron chi connectivity index (χ1n) is 9.59. The van der Waals surface area contributed by atoms with Gasteiger partial charge >= 0.3 is 5.97 Å². The summed E-state index contributed by atoms with van der Waals surface area (Å²) in [5.41, 5.74) is 0. The van der Waals surface area contributed by atoms with Gasteiger partial charge in [0.05, 0.1) is 21.1 Å². The number of hydrogen-bond donors (Lipinski definition) is 0. The van der Waals surface area contributed by atoms with Gasteiger partial charge in [0.1, 0.15) is 6.54 Å². The maximum atomic E-state index is 11.9. The minimum Gasteiger partial charge on any atom is -0.550 e. The smallest absolute Gasteiger partial charge is 0.306 e. The SMILES string of the molecule is CCCCCCCC/C=C/CCC(=O)OC(CC(=O)[O-])C[N+](C)(C)C. The number of nitrogens with zero attached hydrogens (tertiary/aromatic N) is 1. The molecule has 0 aliphatic carbocycles. The lowest BCUT2D eigenvalue weighted by molar-refractivity contribution is -0.873. The molecule has 1 atom stereocenters. The third kappa shape index (κ3) is 17.3. The molecule has 0 saturated carbocycles. The first-order chi connectivity index (χ1) is 11.7. The number of ether oxygens (including phenoxy) is 1. The molecule has 25 heavy (non-hydrogen) atoms. The van der Waals surface area contributed by atoms with Gasteiger partial charge in [-0.05, 0) is 19.3 Å². The average molecular weight is 356 g/mol. The first-order valence-corrected chi connectivity index (χ1v) is 9.59. The number of esters is 1. The molecule has 0 aromatic carbocycles. The summed E-state index contributed by atoms with van der Waals surface area (Å²) < 4.78 is 5.84. The number of hydrogen-bond acceptors (Lipinski definition) is 4. The van der Waals surface area contributed by atoms with Crippen molar-refractivity contribution in [2.45, 2.75) is 77.2 Å². The van der Waals surface area contributed by atoms with Crippen molar-refractivity contribution < 1.29 is 23.9 Å². The number of allylic oxidation sites excluding steroid dienone is 2. The van der Waals surface area contributed by atoms with Crippen LogP contribution in [0.2, 0.25) is 0 Å². The summed E-state index contributed by atoms with van der Waals surface area (Å²) >= 11 is 0. The summed E-state index contributed by atoms with van der Waals surface area (Å²) in [6.45, 7) is 2.67. The molecule has 0 bridgehead atoms. The van der Waals surface area contributed by atoms with Crippen molar-refractivity contribution in [2.75, 3.05) is 27.7 Å². The van der Waals surface area contributed by atoms with Crippen molar-refractivity contribution in [3.63, 3.8) is 0 Å². The van der Waals surface area contributed by atoms with E-state index in [1.807, 2.05) is 27.2 Å². The van der Waals surface area contributed by atoms with E-state index >= 15 is 0 Å². The number of carbonyl (C=O) groups is 2. The van der Waals surface area contributed by atoms with Crippen LogP contribution in [0.25, 0.3) is 0 Å². The third-order valence-electron chi connectivity index (χ3n) is 3.85. The van der Waals surface area contributed by atoms with Gasteiger partial charge in [-0.2, -0.15) is 0 Å². The molecule has 0 heterocycles. The number of aliphatic carboxylic acids is 1. The normalized spacial score (nSPS) is 13.1. The Kier molecular flexibility index (Phi) is 13.1. The maximum Gasteiger partial charge on any atom is 0.306 e. The Balaban J connectivity index is 3.91. The largest absolute Gasteiger partial charge is 0.550 e. The van der Waals surface area contributed by atoms with Crippen molar-refractivity contribution in [1.82, 2.24) is 0 Å². The Labute approximate surface area is 153 Å². The van der Waals surface area contributed by atoms with Gasteiger partial charge in [0.25, 0.3) is 0 Å². The molecule has 0 amide bonds. The number of carbonyl (C=O) groups excluding carboxylic acids is 2. The van der Waals surface area contributed by atoms with Gasteiger partial charge in [0.15, 0.2) is 6.10 Å². The van der Waals surface area contributed by atoms with E-state index < -0.39 is 12.1 Å². The summed E-state index contributed by atoms with van der Waals surface area (Å²) in [7, 11) is 5.79. The highest BCUT2D eigenvalue weighted by molar-refractivity contribution is 5.71. The van der Waals surface area contributed by atoms with E-state index in [4.69, 9.17) is 4.74 Å². The standard InChI is InChI=1S/C20H37NO4/c1-5-6-7-8-9-10-11-12-13-14-15-20(24)25-18(16-19(22)23)17-21(2,3)4/h12-13,18H,5-11,14-17H2,1-4H3/b13-12+. The molecule has 5 heteroatoms. The van der Waals surface area contributed by atoms with Crippen LogP contribution >= 0.6 is 0 Å². The number of rotatable bonds is 15. The minimum absolute atomic E-state index is 0.255. The predicted octanol–water partition coefficient (Wildman–Crippen LogP) is 2.83. The van der Waals surface area contributed by atoms with Crippen molar-refractivity contribution in [1.29, 1.82) is 0 Å². The molecule has 5 nitrogen and oxygen atoms in total. The van der Waals surface area contributed by atoms with Crippen LogP contribution in [-0.2, 0) is 14.3 Å². The quantitative estimate of drug-likeness (QED) is 0.196. The number of quaternary nitrogens is 1. The summed E-state index contributed by atoms with van der Waals surface area (Å²) in [6, 6.07) is 0. The zero-order valence-electron chi connectivity index (χ0n) is 16.6. The Morgan fingerprint density at radius 2 is 1.60 bits per heavy atom. The van der Waals surface area contributed by atoms with Gasteiger partial charge < -0.3 is 19.1 Å². The van der Waals surface area contributed by atoms with Crippen LogP contribution in [0.5, 0.6) is 0 Å². The van der Waals surface area contributed by atoms with Crippen LogP contribution in [0.1, 0.15) is 71.1 Å². The lowest BCUT2D eigenvalue weighted by Crippen LogP contribution is -2.45. The third-order valence-corrected chi connectivity index (χ3v) is 3.85. The van der Waals surface area contributed by atoms with Crippen molar-refractivity contribution in [2.24, 2.45) is 0 Å². The zero-order valence-corrected chi connectivity index (χ0v) is 16.6. The van der Waals surface area contributed by atoms with E-state index in [1.165, 1.54) is 38.5 Å². The van der Waals surface area contributed by atoms with Gasteiger partial charge in [-0.3, -0.25) is 4.79 Å². The molecule has 0 aliphatic heterocycles. The summed E-state index contributed by atoms with van der Waals surface area (Å²) in [5.74, 6) is -1.53. The molecule has 146 valence electrons. The molecule has 0 rings (SSSR count). The second kappa shape index (κ2) is 13.9. The van der Waals surface area contributed by atoms with Crippen LogP contribution in [0.4, 0.5) is 0 Å². The first kappa shape index (κ1) is 23.6. The predicted molar refractivity (Wildman–Crippen MR) is 98.8 cm³/mol. The number of carboxylic acids is 1. The molecule has 0 saturated heterocycles. The van der Waals surface area contributed by atoms with Gasteiger partial charge in [-0.1, -0.05) is 51.2 Å². The highest BCUT2D eigenvalue weighted by Gasteiger charge is 2.22. The molecule has 0 spiro atoms. The number of carboxylic acid groups (broad SMARTS) is 1. The molecule has 0 fully saturated rings. The highest BCUT2D eigenvalue weighted by atomic mass is 16.5. The van der Waals surface area contributed by atoms with Crippen LogP contribution < -0.4 is 5.11 Å². The fourth-order valence-corrected chi connectivity index (χ4v) is 2.66. The number of likely N-dealkylation sites (N-methyl/N-ethyl adjacent to an activating group) is 1. The van der Waals surface area contributed by atoms with Gasteiger partial charge in [0.2, 0.25) is 0 Å². The van der Waals surface area contributed by atoms with Crippen LogP contribution in [-0.4, -0.2) is 50.2 Å². The Morgan fingerprint density at radius 3 is 2.20 bits per heavy atom. The molecular formula is C20H37NO4. The Hall–Kier alpha value is -1.36. The van der Waals surface area contributed by atoms with Crippen LogP contribution in [0.15, 0.2) is 12.2 Å². The molecule has 0 aromatic heterocycles. The van der Waals surface area contributed by atoms with Crippen molar-refractivity contribution >= 4 is 11.9 Å². The average Bonchev–Trinajstić information content (AvgIpc) is 2.46. The summed E-state index contributed by atoms with van der Waals surface area (Å²) in [6.07, 6.45) is 12.9. The fourth-order valence-electron chi connectivity index (χ4n) is 2.66. The van der Waals surface area contributed by atoms with E-state index in [1.54, 1.807) is 0 Å². The van der Waals surface area contributed by atoms with E-state index in [2.05, 4.69) is 13.0 Å².